The van der Waals surface area contributed by atoms with Crippen molar-refractivity contribution in [3.05, 3.63) is 82.0 Å². The van der Waals surface area contributed by atoms with Crippen LogP contribution in [0.3, 0.4) is 0 Å². The maximum Gasteiger partial charge on any atom is 0.275 e. The van der Waals surface area contributed by atoms with Crippen LogP contribution >= 0.6 is 11.3 Å². The van der Waals surface area contributed by atoms with E-state index in [2.05, 4.69) is 53.3 Å². The summed E-state index contributed by atoms with van der Waals surface area (Å²) in [4.78, 5) is 13.6. The molecule has 0 saturated carbocycles. The molecule has 29 heavy (non-hydrogen) atoms. The van der Waals surface area contributed by atoms with E-state index in [0.717, 1.165) is 0 Å². The maximum atomic E-state index is 12.3. The molecule has 0 unspecified atom stereocenters. The van der Waals surface area contributed by atoms with Crippen LogP contribution in [0.1, 0.15) is 22.0 Å². The van der Waals surface area contributed by atoms with Gasteiger partial charge in [-0.05, 0) is 30.5 Å². The summed E-state index contributed by atoms with van der Waals surface area (Å²) in [6.45, 7) is 3.26. The summed E-state index contributed by atoms with van der Waals surface area (Å²) in [5.74, 6) is 1.35. The molecule has 1 heterocycles. The van der Waals surface area contributed by atoms with Crippen molar-refractivity contribution in [3.8, 4) is 11.5 Å². The number of nitrogens with two attached hydrogens (primary N) is 1. The first kappa shape index (κ1) is 20.9. The Balaban J connectivity index is 1.48. The zero-order valence-electron chi connectivity index (χ0n) is 16.8. The molecule has 6 heteroatoms. The number of ether oxygens (including phenoxy) is 2. The van der Waals surface area contributed by atoms with Crippen LogP contribution < -0.4 is 20.1 Å². The normalized spacial score (nSPS) is 11.7. The predicted molar refractivity (Wildman–Crippen MR) is 116 cm³/mol. The van der Waals surface area contributed by atoms with Gasteiger partial charge >= 0.3 is 0 Å². The highest BCUT2D eigenvalue weighted by Gasteiger charge is 2.19. The zero-order valence-corrected chi connectivity index (χ0v) is 17.6. The molecule has 3 aromatic rings. The topological polar surface area (TPSA) is 64.2 Å². The van der Waals surface area contributed by atoms with Crippen molar-refractivity contribution in [2.24, 2.45) is 0 Å². The molecule has 0 bridgehead atoms. The Labute approximate surface area is 175 Å². The monoisotopic (exact) mass is 411 g/mol. The van der Waals surface area contributed by atoms with Crippen molar-refractivity contribution in [2.75, 3.05) is 26.8 Å². The first-order valence-corrected chi connectivity index (χ1v) is 10.5. The van der Waals surface area contributed by atoms with E-state index in [0.29, 0.717) is 31.2 Å². The SMILES string of the molecule is COc1ccccc1OCCNC(=O)C[NH2+][C@@H](c1ccc(C)cc1)c1cccs1. The summed E-state index contributed by atoms with van der Waals surface area (Å²) in [6.07, 6.45) is 0. The first-order valence-electron chi connectivity index (χ1n) is 9.63. The second kappa shape index (κ2) is 10.6. The van der Waals surface area contributed by atoms with Crippen LogP contribution in [0.2, 0.25) is 0 Å². The number of methoxy groups -OCH3 is 1. The fourth-order valence-electron chi connectivity index (χ4n) is 3.05. The number of thiophene rings is 1. The third-order valence-electron chi connectivity index (χ3n) is 4.58. The lowest BCUT2D eigenvalue weighted by Gasteiger charge is -2.15. The molecule has 1 aromatic heterocycles. The number of aryl methyl sites for hydroxylation is 1. The molecule has 0 radical (unpaired) electrons. The Kier molecular flexibility index (Phi) is 7.67. The number of hydrogen-bond donors (Lipinski definition) is 2. The lowest BCUT2D eigenvalue weighted by molar-refractivity contribution is -0.676. The van der Waals surface area contributed by atoms with Gasteiger partial charge in [0, 0.05) is 5.56 Å². The second-order valence-electron chi connectivity index (χ2n) is 6.69. The molecular formula is C23H27N2O3S+. The number of quaternary nitrogens is 1. The van der Waals surface area contributed by atoms with Crippen molar-refractivity contribution in [1.82, 2.24) is 5.32 Å². The summed E-state index contributed by atoms with van der Waals surface area (Å²) >= 11 is 1.71. The van der Waals surface area contributed by atoms with Gasteiger partial charge in [-0.2, -0.15) is 0 Å². The highest BCUT2D eigenvalue weighted by Crippen LogP contribution is 2.25. The van der Waals surface area contributed by atoms with E-state index in [4.69, 9.17) is 9.47 Å². The van der Waals surface area contributed by atoms with Gasteiger partial charge in [0.15, 0.2) is 18.0 Å². The molecule has 2 aromatic carbocycles. The third kappa shape index (κ3) is 6.07. The predicted octanol–water partition coefficient (Wildman–Crippen LogP) is 2.91. The number of rotatable bonds is 10. The smallest absolute Gasteiger partial charge is 0.275 e. The summed E-state index contributed by atoms with van der Waals surface area (Å²) in [7, 11) is 1.61. The number of benzene rings is 2. The zero-order chi connectivity index (χ0) is 20.5. The maximum absolute atomic E-state index is 12.3. The molecule has 0 spiro atoms. The van der Waals surface area contributed by atoms with Crippen LogP contribution in [0.5, 0.6) is 11.5 Å². The molecule has 0 saturated heterocycles. The van der Waals surface area contributed by atoms with E-state index < -0.39 is 0 Å². The Hall–Kier alpha value is -2.83. The summed E-state index contributed by atoms with van der Waals surface area (Å²) in [5, 5.41) is 7.06. The van der Waals surface area contributed by atoms with Gasteiger partial charge < -0.3 is 20.1 Å². The summed E-state index contributed by atoms with van der Waals surface area (Å²) in [6, 6.07) is 20.2. The Morgan fingerprint density at radius 1 is 1.07 bits per heavy atom. The molecule has 0 fully saturated rings. The minimum atomic E-state index is -0.0118. The number of hydrogen-bond acceptors (Lipinski definition) is 4. The molecule has 1 amide bonds. The standard InChI is InChI=1S/C23H26N2O3S/c1-17-9-11-18(12-10-17)23(21-8-5-15-29-21)25-16-22(26)24-13-14-28-20-7-4-3-6-19(20)27-2/h3-12,15,23,25H,13-14,16H2,1-2H3,(H,24,26)/p+1/t23-/m0/s1. The lowest BCUT2D eigenvalue weighted by Crippen LogP contribution is -2.87. The molecule has 5 nitrogen and oxygen atoms in total. The van der Waals surface area contributed by atoms with Crippen molar-refractivity contribution in [3.63, 3.8) is 0 Å². The fraction of sp³-hybridized carbons (Fsp3) is 0.261. The molecule has 0 aliphatic rings. The Morgan fingerprint density at radius 2 is 1.83 bits per heavy atom. The number of amides is 1. The minimum Gasteiger partial charge on any atom is -0.493 e. The van der Waals surface area contributed by atoms with Crippen LogP contribution in [-0.2, 0) is 4.79 Å². The highest BCUT2D eigenvalue weighted by molar-refractivity contribution is 7.10. The first-order chi connectivity index (χ1) is 14.2. The van der Waals surface area contributed by atoms with Crippen molar-refractivity contribution >= 4 is 17.2 Å². The minimum absolute atomic E-state index is 0.0118. The molecule has 3 rings (SSSR count). The summed E-state index contributed by atoms with van der Waals surface area (Å²) in [5.41, 5.74) is 2.43. The van der Waals surface area contributed by atoms with E-state index in [-0.39, 0.29) is 11.9 Å². The second-order valence-corrected chi connectivity index (χ2v) is 7.67. The number of para-hydroxylation sites is 2. The van der Waals surface area contributed by atoms with E-state index >= 15 is 0 Å². The number of nitrogens with one attached hydrogen (secondary N) is 1. The van der Waals surface area contributed by atoms with Crippen molar-refractivity contribution < 1.29 is 19.6 Å². The van der Waals surface area contributed by atoms with Crippen molar-refractivity contribution in [2.45, 2.75) is 13.0 Å². The van der Waals surface area contributed by atoms with E-state index in [1.54, 1.807) is 18.4 Å². The average molecular weight is 412 g/mol. The van der Waals surface area contributed by atoms with Gasteiger partial charge in [-0.25, -0.2) is 0 Å². The number of carbonyl (C=O) groups excluding carboxylic acids is 1. The van der Waals surface area contributed by atoms with Crippen LogP contribution in [0.25, 0.3) is 0 Å². The number of carbonyl (C=O) groups is 1. The lowest BCUT2D eigenvalue weighted by atomic mass is 10.0. The molecule has 1 atom stereocenters. The van der Waals surface area contributed by atoms with Gasteiger partial charge in [0.05, 0.1) is 18.5 Å². The van der Waals surface area contributed by atoms with Crippen LogP contribution in [0, 0.1) is 6.92 Å². The van der Waals surface area contributed by atoms with Gasteiger partial charge in [-0.1, -0.05) is 48.0 Å². The van der Waals surface area contributed by atoms with Crippen LogP contribution in [-0.4, -0.2) is 32.7 Å². The van der Waals surface area contributed by atoms with Crippen LogP contribution in [0.4, 0.5) is 0 Å². The highest BCUT2D eigenvalue weighted by atomic mass is 32.1. The Morgan fingerprint density at radius 3 is 2.52 bits per heavy atom. The quantitative estimate of drug-likeness (QED) is 0.504. The Bertz CT molecular complexity index is 895. The van der Waals surface area contributed by atoms with Gasteiger partial charge in [0.2, 0.25) is 0 Å². The largest absolute Gasteiger partial charge is 0.493 e. The summed E-state index contributed by atoms with van der Waals surface area (Å²) < 4.78 is 11.0. The van der Waals surface area contributed by atoms with E-state index in [9.17, 15) is 4.79 Å². The molecule has 0 aliphatic heterocycles. The molecular weight excluding hydrogens is 384 g/mol. The molecule has 3 N–H and O–H groups in total. The molecule has 152 valence electrons. The van der Waals surface area contributed by atoms with Gasteiger partial charge in [-0.3, -0.25) is 4.79 Å². The average Bonchev–Trinajstić information content (AvgIpc) is 3.27. The van der Waals surface area contributed by atoms with Crippen molar-refractivity contribution in [1.29, 1.82) is 0 Å². The van der Waals surface area contributed by atoms with Gasteiger partial charge in [0.25, 0.3) is 5.91 Å². The third-order valence-corrected chi connectivity index (χ3v) is 5.53. The molecule has 0 aliphatic carbocycles. The fourth-order valence-corrected chi connectivity index (χ4v) is 3.90. The van der Waals surface area contributed by atoms with Crippen LogP contribution in [0.15, 0.2) is 66.0 Å². The van der Waals surface area contributed by atoms with E-state index in [1.165, 1.54) is 16.0 Å². The van der Waals surface area contributed by atoms with Gasteiger partial charge in [0.1, 0.15) is 12.6 Å². The van der Waals surface area contributed by atoms with E-state index in [1.807, 2.05) is 30.3 Å². The van der Waals surface area contributed by atoms with Gasteiger partial charge in [-0.15, -0.1) is 11.3 Å².